The molecule has 0 saturated carbocycles. The van der Waals surface area contributed by atoms with Crippen molar-refractivity contribution in [2.24, 2.45) is 5.73 Å². The highest BCUT2D eigenvalue weighted by Crippen LogP contribution is 2.34. The molecule has 1 rings (SSSR count). The Morgan fingerprint density at radius 3 is 2.36 bits per heavy atom. The average Bonchev–Trinajstić information content (AvgIpc) is 2.44. The third-order valence-corrected chi connectivity index (χ3v) is 2.83. The van der Waals surface area contributed by atoms with Crippen LogP contribution in [0.4, 0.5) is 5.69 Å². The summed E-state index contributed by atoms with van der Waals surface area (Å²) in [7, 11) is 2.76. The van der Waals surface area contributed by atoms with E-state index in [2.05, 4.69) is 5.32 Å². The highest BCUT2D eigenvalue weighted by Gasteiger charge is 2.24. The maximum absolute atomic E-state index is 12.1. The van der Waals surface area contributed by atoms with Crippen molar-refractivity contribution in [3.05, 3.63) is 27.8 Å². The Kier molecular flexibility index (Phi) is 8.21. The van der Waals surface area contributed by atoms with E-state index >= 15 is 0 Å². The van der Waals surface area contributed by atoms with Gasteiger partial charge in [-0.15, -0.1) is 12.4 Å². The number of amides is 1. The fraction of sp³-hybridized carbons (Fsp3) is 0.462. The van der Waals surface area contributed by atoms with Gasteiger partial charge in [-0.1, -0.05) is 0 Å². The minimum atomic E-state index is -0.636. The zero-order chi connectivity index (χ0) is 16.0. The van der Waals surface area contributed by atoms with Crippen LogP contribution in [0.5, 0.6) is 11.5 Å². The number of nitrogens with one attached hydrogen (secondary N) is 1. The summed E-state index contributed by atoms with van der Waals surface area (Å²) in [5.74, 6) is -0.111. The van der Waals surface area contributed by atoms with Crippen LogP contribution in [0.25, 0.3) is 0 Å². The highest BCUT2D eigenvalue weighted by molar-refractivity contribution is 5.99. The van der Waals surface area contributed by atoms with Crippen molar-refractivity contribution in [2.75, 3.05) is 20.8 Å². The lowest BCUT2D eigenvalue weighted by Gasteiger charge is -2.11. The summed E-state index contributed by atoms with van der Waals surface area (Å²) >= 11 is 0. The molecule has 0 aromatic heterocycles. The molecule has 1 unspecified atom stereocenters. The lowest BCUT2D eigenvalue weighted by Crippen LogP contribution is -2.29. The standard InChI is InChI=1S/C13H19N3O5.ClH/c1-8(14)4-5-15-13(17)9-6-11(20-2)12(21-3)7-10(9)16(18)19;/h6-8H,4-5,14H2,1-3H3,(H,15,17);1H. The van der Waals surface area contributed by atoms with E-state index in [1.54, 1.807) is 0 Å². The lowest BCUT2D eigenvalue weighted by atomic mass is 10.1. The van der Waals surface area contributed by atoms with E-state index in [0.29, 0.717) is 13.0 Å². The number of nitrogens with two attached hydrogens (primary N) is 1. The van der Waals surface area contributed by atoms with Gasteiger partial charge in [0.05, 0.1) is 25.2 Å². The maximum Gasteiger partial charge on any atom is 0.286 e. The van der Waals surface area contributed by atoms with Gasteiger partial charge in [-0.25, -0.2) is 0 Å². The van der Waals surface area contributed by atoms with Gasteiger partial charge >= 0.3 is 0 Å². The molecular formula is C13H20ClN3O5. The SMILES string of the molecule is COc1cc(C(=O)NCCC(C)N)c([N+](=O)[O-])cc1OC.Cl. The van der Waals surface area contributed by atoms with E-state index in [4.69, 9.17) is 15.2 Å². The zero-order valence-electron chi connectivity index (χ0n) is 12.6. The van der Waals surface area contributed by atoms with E-state index in [1.807, 2.05) is 6.92 Å². The second-order valence-electron chi connectivity index (χ2n) is 4.50. The van der Waals surface area contributed by atoms with Gasteiger partial charge < -0.3 is 20.5 Å². The number of carbonyl (C=O) groups excluding carboxylic acids is 1. The van der Waals surface area contributed by atoms with Crippen LogP contribution < -0.4 is 20.5 Å². The molecular weight excluding hydrogens is 314 g/mol. The Morgan fingerprint density at radius 1 is 1.36 bits per heavy atom. The van der Waals surface area contributed by atoms with Crippen LogP contribution in [-0.2, 0) is 0 Å². The molecule has 0 saturated heterocycles. The van der Waals surface area contributed by atoms with Crippen molar-refractivity contribution in [2.45, 2.75) is 19.4 Å². The number of methoxy groups -OCH3 is 2. The summed E-state index contributed by atoms with van der Waals surface area (Å²) in [6.45, 7) is 2.15. The number of nitro groups is 1. The Labute approximate surface area is 134 Å². The molecule has 0 radical (unpaired) electrons. The van der Waals surface area contributed by atoms with Gasteiger partial charge in [0.15, 0.2) is 11.5 Å². The molecule has 0 aliphatic heterocycles. The van der Waals surface area contributed by atoms with Gasteiger partial charge in [0, 0.05) is 18.7 Å². The lowest BCUT2D eigenvalue weighted by molar-refractivity contribution is -0.385. The van der Waals surface area contributed by atoms with E-state index in [-0.39, 0.29) is 41.2 Å². The molecule has 3 N–H and O–H groups in total. The molecule has 0 bridgehead atoms. The van der Waals surface area contributed by atoms with Crippen molar-refractivity contribution in [1.82, 2.24) is 5.32 Å². The molecule has 0 aliphatic rings. The molecule has 1 aromatic rings. The van der Waals surface area contributed by atoms with Crippen LogP contribution in [-0.4, -0.2) is 37.6 Å². The number of nitrogens with zero attached hydrogens (tertiary/aromatic N) is 1. The van der Waals surface area contributed by atoms with Crippen LogP contribution in [0, 0.1) is 10.1 Å². The topological polar surface area (TPSA) is 117 Å². The molecule has 124 valence electrons. The number of benzene rings is 1. The molecule has 1 atom stereocenters. The fourth-order valence-corrected chi connectivity index (χ4v) is 1.71. The summed E-state index contributed by atoms with van der Waals surface area (Å²) < 4.78 is 10.1. The van der Waals surface area contributed by atoms with Gasteiger partial charge in [0.2, 0.25) is 0 Å². The quantitative estimate of drug-likeness (QED) is 0.577. The molecule has 0 heterocycles. The minimum absolute atomic E-state index is 0. The molecule has 1 amide bonds. The van der Waals surface area contributed by atoms with Gasteiger partial charge in [-0.3, -0.25) is 14.9 Å². The first-order chi connectivity index (χ1) is 9.90. The highest BCUT2D eigenvalue weighted by atomic mass is 35.5. The minimum Gasteiger partial charge on any atom is -0.493 e. The van der Waals surface area contributed by atoms with Crippen molar-refractivity contribution in [3.63, 3.8) is 0 Å². The number of ether oxygens (including phenoxy) is 2. The maximum atomic E-state index is 12.1. The predicted octanol–water partition coefficient (Wildman–Crippen LogP) is 1.50. The number of hydrogen-bond acceptors (Lipinski definition) is 6. The van der Waals surface area contributed by atoms with Crippen molar-refractivity contribution >= 4 is 24.0 Å². The van der Waals surface area contributed by atoms with Crippen LogP contribution >= 0.6 is 12.4 Å². The van der Waals surface area contributed by atoms with Crippen LogP contribution in [0.1, 0.15) is 23.7 Å². The van der Waals surface area contributed by atoms with E-state index in [9.17, 15) is 14.9 Å². The Bertz CT molecular complexity index is 537. The number of nitro benzene ring substituents is 1. The third kappa shape index (κ3) is 5.05. The molecule has 9 heteroatoms. The van der Waals surface area contributed by atoms with E-state index in [1.165, 1.54) is 26.4 Å². The van der Waals surface area contributed by atoms with Gasteiger partial charge in [0.25, 0.3) is 11.6 Å². The molecule has 1 aromatic carbocycles. The normalized spacial score (nSPS) is 11.1. The first kappa shape index (κ1) is 19.9. The van der Waals surface area contributed by atoms with Gasteiger partial charge in [0.1, 0.15) is 5.56 Å². The number of carbonyl (C=O) groups is 1. The third-order valence-electron chi connectivity index (χ3n) is 2.83. The molecule has 0 fully saturated rings. The number of hydrogen-bond donors (Lipinski definition) is 2. The Balaban J connectivity index is 0.00000441. The Morgan fingerprint density at radius 2 is 1.91 bits per heavy atom. The van der Waals surface area contributed by atoms with Crippen LogP contribution in [0.15, 0.2) is 12.1 Å². The number of halogens is 1. The van der Waals surface area contributed by atoms with Gasteiger partial charge in [-0.2, -0.15) is 0 Å². The van der Waals surface area contributed by atoms with E-state index in [0.717, 1.165) is 0 Å². The average molecular weight is 334 g/mol. The summed E-state index contributed by atoms with van der Waals surface area (Å²) in [6, 6.07) is 2.39. The summed E-state index contributed by atoms with van der Waals surface area (Å²) in [5.41, 5.74) is 5.16. The molecule has 8 nitrogen and oxygen atoms in total. The monoisotopic (exact) mass is 333 g/mol. The van der Waals surface area contributed by atoms with Gasteiger partial charge in [-0.05, 0) is 13.3 Å². The molecule has 0 spiro atoms. The Hall–Kier alpha value is -2.06. The molecule has 22 heavy (non-hydrogen) atoms. The first-order valence-corrected chi connectivity index (χ1v) is 6.34. The summed E-state index contributed by atoms with van der Waals surface area (Å²) in [4.78, 5) is 22.5. The van der Waals surface area contributed by atoms with Crippen molar-refractivity contribution in [3.8, 4) is 11.5 Å². The van der Waals surface area contributed by atoms with Crippen molar-refractivity contribution in [1.29, 1.82) is 0 Å². The molecule has 0 aliphatic carbocycles. The van der Waals surface area contributed by atoms with E-state index < -0.39 is 10.8 Å². The fourth-order valence-electron chi connectivity index (χ4n) is 1.71. The number of rotatable bonds is 7. The predicted molar refractivity (Wildman–Crippen MR) is 84.0 cm³/mol. The second kappa shape index (κ2) is 9.06. The smallest absolute Gasteiger partial charge is 0.286 e. The van der Waals surface area contributed by atoms with Crippen LogP contribution in [0.2, 0.25) is 0 Å². The largest absolute Gasteiger partial charge is 0.493 e. The van der Waals surface area contributed by atoms with Crippen molar-refractivity contribution < 1.29 is 19.2 Å². The summed E-state index contributed by atoms with van der Waals surface area (Å²) in [6.07, 6.45) is 0.576. The first-order valence-electron chi connectivity index (χ1n) is 6.34. The second-order valence-corrected chi connectivity index (χ2v) is 4.50. The van der Waals surface area contributed by atoms with Crippen LogP contribution in [0.3, 0.4) is 0 Å². The zero-order valence-corrected chi connectivity index (χ0v) is 13.4. The summed E-state index contributed by atoms with van der Waals surface area (Å²) in [5, 5.41) is 13.7.